The summed E-state index contributed by atoms with van der Waals surface area (Å²) < 4.78 is 2.26. The Bertz CT molecular complexity index is 829. The lowest BCUT2D eigenvalue weighted by Crippen LogP contribution is -2.05. The van der Waals surface area contributed by atoms with Crippen molar-refractivity contribution in [2.75, 3.05) is 0 Å². The van der Waals surface area contributed by atoms with Gasteiger partial charge in [0.1, 0.15) is 0 Å². The molecule has 3 rings (SSSR count). The van der Waals surface area contributed by atoms with Crippen molar-refractivity contribution in [3.8, 4) is 11.4 Å². The first kappa shape index (κ1) is 17.2. The van der Waals surface area contributed by atoms with E-state index in [9.17, 15) is 0 Å². The van der Waals surface area contributed by atoms with Gasteiger partial charge in [-0.05, 0) is 45.7 Å². The van der Waals surface area contributed by atoms with E-state index >= 15 is 0 Å². The molecule has 5 heteroatoms. The van der Waals surface area contributed by atoms with Crippen molar-refractivity contribution in [2.24, 2.45) is 0 Å². The van der Waals surface area contributed by atoms with Crippen LogP contribution in [0.1, 0.15) is 41.5 Å². The minimum absolute atomic E-state index is 0.329. The fourth-order valence-corrected chi connectivity index (χ4v) is 4.48. The quantitative estimate of drug-likeness (QED) is 0.540. The SMILES string of the molecule is Cc1ccc(CSc2nnc(-c3csc(C)c3C)n2C(C)C)cc1. The van der Waals surface area contributed by atoms with Crippen LogP contribution in [0.25, 0.3) is 11.4 Å². The first-order valence-corrected chi connectivity index (χ1v) is 10.0. The fourth-order valence-electron chi connectivity index (χ4n) is 2.59. The number of aryl methyl sites for hydroxylation is 2. The molecular weight excluding hydrogens is 334 g/mol. The molecule has 0 spiro atoms. The summed E-state index contributed by atoms with van der Waals surface area (Å²) >= 11 is 3.53. The molecule has 0 unspecified atom stereocenters. The largest absolute Gasteiger partial charge is 0.299 e. The Morgan fingerprint density at radius 1 is 1.08 bits per heavy atom. The molecule has 24 heavy (non-hydrogen) atoms. The van der Waals surface area contributed by atoms with E-state index in [1.807, 2.05) is 0 Å². The van der Waals surface area contributed by atoms with Gasteiger partial charge >= 0.3 is 0 Å². The first-order chi connectivity index (χ1) is 11.5. The second-order valence-corrected chi connectivity index (χ2v) is 8.40. The zero-order valence-corrected chi connectivity index (χ0v) is 16.5. The van der Waals surface area contributed by atoms with Crippen LogP contribution in [-0.2, 0) is 5.75 Å². The van der Waals surface area contributed by atoms with Crippen molar-refractivity contribution in [3.05, 3.63) is 51.2 Å². The van der Waals surface area contributed by atoms with Gasteiger partial charge in [0.15, 0.2) is 11.0 Å². The average molecular weight is 358 g/mol. The lowest BCUT2D eigenvalue weighted by molar-refractivity contribution is 0.555. The topological polar surface area (TPSA) is 30.7 Å². The van der Waals surface area contributed by atoms with Gasteiger partial charge in [0.05, 0.1) is 0 Å². The second-order valence-electron chi connectivity index (χ2n) is 6.37. The molecule has 0 bridgehead atoms. The Hall–Kier alpha value is -1.59. The van der Waals surface area contributed by atoms with Crippen LogP contribution >= 0.6 is 23.1 Å². The summed E-state index contributed by atoms with van der Waals surface area (Å²) in [4.78, 5) is 1.34. The maximum Gasteiger partial charge on any atom is 0.192 e. The van der Waals surface area contributed by atoms with Crippen LogP contribution < -0.4 is 0 Å². The zero-order valence-electron chi connectivity index (χ0n) is 14.8. The number of aromatic nitrogens is 3. The molecule has 0 fully saturated rings. The van der Waals surface area contributed by atoms with Gasteiger partial charge in [0, 0.05) is 27.6 Å². The van der Waals surface area contributed by atoms with Crippen LogP contribution in [0.15, 0.2) is 34.8 Å². The number of thioether (sulfide) groups is 1. The van der Waals surface area contributed by atoms with Crippen LogP contribution in [0.2, 0.25) is 0 Å². The molecule has 2 aromatic heterocycles. The minimum atomic E-state index is 0.329. The highest BCUT2D eigenvalue weighted by Gasteiger charge is 2.19. The van der Waals surface area contributed by atoms with E-state index in [1.165, 1.54) is 27.1 Å². The van der Waals surface area contributed by atoms with Gasteiger partial charge in [-0.15, -0.1) is 21.5 Å². The Morgan fingerprint density at radius 3 is 2.38 bits per heavy atom. The van der Waals surface area contributed by atoms with Crippen LogP contribution in [-0.4, -0.2) is 14.8 Å². The predicted octanol–water partition coefficient (Wildman–Crippen LogP) is 5.81. The Kier molecular flexibility index (Phi) is 5.11. The van der Waals surface area contributed by atoms with Crippen LogP contribution in [0.5, 0.6) is 0 Å². The van der Waals surface area contributed by atoms with Gasteiger partial charge in [-0.25, -0.2) is 0 Å². The van der Waals surface area contributed by atoms with Crippen molar-refractivity contribution in [3.63, 3.8) is 0 Å². The smallest absolute Gasteiger partial charge is 0.192 e. The van der Waals surface area contributed by atoms with E-state index in [4.69, 9.17) is 0 Å². The second kappa shape index (κ2) is 7.11. The third kappa shape index (κ3) is 3.42. The maximum atomic E-state index is 4.51. The normalized spacial score (nSPS) is 11.4. The third-order valence-corrected chi connectivity index (χ3v) is 6.22. The molecule has 0 aliphatic heterocycles. The van der Waals surface area contributed by atoms with E-state index in [0.717, 1.165) is 16.7 Å². The van der Waals surface area contributed by atoms with E-state index in [0.29, 0.717) is 6.04 Å². The number of nitrogens with zero attached hydrogens (tertiary/aromatic N) is 3. The molecule has 0 saturated heterocycles. The Morgan fingerprint density at radius 2 is 1.79 bits per heavy atom. The van der Waals surface area contributed by atoms with Gasteiger partial charge in [-0.1, -0.05) is 41.6 Å². The van der Waals surface area contributed by atoms with E-state index < -0.39 is 0 Å². The minimum Gasteiger partial charge on any atom is -0.299 e. The third-order valence-electron chi connectivity index (χ3n) is 4.20. The monoisotopic (exact) mass is 357 g/mol. The molecule has 1 aromatic carbocycles. The number of hydrogen-bond donors (Lipinski definition) is 0. The van der Waals surface area contributed by atoms with Gasteiger partial charge in [-0.3, -0.25) is 4.57 Å². The first-order valence-electron chi connectivity index (χ1n) is 8.15. The highest BCUT2D eigenvalue weighted by atomic mass is 32.2. The summed E-state index contributed by atoms with van der Waals surface area (Å²) in [7, 11) is 0. The zero-order chi connectivity index (χ0) is 17.3. The summed E-state index contributed by atoms with van der Waals surface area (Å²) in [6, 6.07) is 9.02. The van der Waals surface area contributed by atoms with Crippen molar-refractivity contribution >= 4 is 23.1 Å². The standard InChI is InChI=1S/C19H23N3S2/c1-12(2)22-18(17-11-23-15(5)14(17)4)20-21-19(22)24-10-16-8-6-13(3)7-9-16/h6-9,11-12H,10H2,1-5H3. The Balaban J connectivity index is 1.89. The number of rotatable bonds is 5. The van der Waals surface area contributed by atoms with Crippen LogP contribution in [0.4, 0.5) is 0 Å². The lowest BCUT2D eigenvalue weighted by atomic mass is 10.1. The number of thiophene rings is 1. The molecule has 2 heterocycles. The molecule has 0 N–H and O–H groups in total. The highest BCUT2D eigenvalue weighted by molar-refractivity contribution is 7.98. The van der Waals surface area contributed by atoms with Gasteiger partial charge in [0.25, 0.3) is 0 Å². The number of hydrogen-bond acceptors (Lipinski definition) is 4. The molecule has 3 aromatic rings. The molecule has 0 atom stereocenters. The summed E-state index contributed by atoms with van der Waals surface area (Å²) in [6.07, 6.45) is 0. The molecule has 0 amide bonds. The molecule has 0 aliphatic rings. The summed E-state index contributed by atoms with van der Waals surface area (Å²) in [5, 5.41) is 12.2. The van der Waals surface area contributed by atoms with Gasteiger partial charge in [0.2, 0.25) is 0 Å². The Labute approximate surface area is 152 Å². The van der Waals surface area contributed by atoms with Crippen LogP contribution in [0, 0.1) is 20.8 Å². The maximum absolute atomic E-state index is 4.51. The lowest BCUT2D eigenvalue weighted by Gasteiger charge is -2.13. The highest BCUT2D eigenvalue weighted by Crippen LogP contribution is 2.34. The van der Waals surface area contributed by atoms with Crippen LogP contribution in [0.3, 0.4) is 0 Å². The number of benzene rings is 1. The van der Waals surface area contributed by atoms with E-state index in [1.54, 1.807) is 23.1 Å². The van der Waals surface area contributed by atoms with Crippen molar-refractivity contribution in [1.29, 1.82) is 0 Å². The van der Waals surface area contributed by atoms with Crippen molar-refractivity contribution < 1.29 is 0 Å². The molecule has 0 saturated carbocycles. The molecule has 0 aliphatic carbocycles. The molecule has 3 nitrogen and oxygen atoms in total. The molecular formula is C19H23N3S2. The molecule has 126 valence electrons. The summed E-state index contributed by atoms with van der Waals surface area (Å²) in [5.41, 5.74) is 5.12. The van der Waals surface area contributed by atoms with Crippen molar-refractivity contribution in [2.45, 2.75) is 51.6 Å². The summed E-state index contributed by atoms with van der Waals surface area (Å²) in [6.45, 7) is 10.8. The van der Waals surface area contributed by atoms with E-state index in [2.05, 4.69) is 79.0 Å². The molecule has 0 radical (unpaired) electrons. The predicted molar refractivity (Wildman–Crippen MR) is 104 cm³/mol. The summed E-state index contributed by atoms with van der Waals surface area (Å²) in [5.74, 6) is 1.89. The fraction of sp³-hybridized carbons (Fsp3) is 0.368. The van der Waals surface area contributed by atoms with E-state index in [-0.39, 0.29) is 0 Å². The average Bonchev–Trinajstić information content (AvgIpc) is 3.11. The van der Waals surface area contributed by atoms with Crippen molar-refractivity contribution in [1.82, 2.24) is 14.8 Å². The van der Waals surface area contributed by atoms with Gasteiger partial charge < -0.3 is 0 Å². The van der Waals surface area contributed by atoms with Gasteiger partial charge in [-0.2, -0.15) is 0 Å².